The molecule has 2 fully saturated rings. The highest BCUT2D eigenvalue weighted by molar-refractivity contribution is 6.28. The summed E-state index contributed by atoms with van der Waals surface area (Å²) in [5, 5.41) is 16.9. The van der Waals surface area contributed by atoms with Crippen molar-refractivity contribution >= 4 is 17.5 Å². The Morgan fingerprint density at radius 3 is 2.95 bits per heavy atom. The second-order valence-corrected chi connectivity index (χ2v) is 6.58. The van der Waals surface area contributed by atoms with Gasteiger partial charge in [0.05, 0.1) is 6.10 Å². The smallest absolute Gasteiger partial charge is 0.242 e. The van der Waals surface area contributed by atoms with Gasteiger partial charge in [0.2, 0.25) is 11.2 Å². The Morgan fingerprint density at radius 1 is 1.48 bits per heavy atom. The van der Waals surface area contributed by atoms with Crippen molar-refractivity contribution in [1.82, 2.24) is 20.1 Å². The third-order valence-corrected chi connectivity index (χ3v) is 5.07. The maximum atomic E-state index is 12.4. The molecule has 3 rings (SSSR count). The first-order chi connectivity index (χ1) is 10.1. The van der Waals surface area contributed by atoms with Gasteiger partial charge in [0.1, 0.15) is 5.82 Å². The molecule has 0 unspecified atom stereocenters. The van der Waals surface area contributed by atoms with Crippen LogP contribution in [0.1, 0.15) is 44.3 Å². The number of aryl methyl sites for hydroxylation is 1. The summed E-state index contributed by atoms with van der Waals surface area (Å²) in [5.41, 5.74) is -0.0521. The maximum Gasteiger partial charge on any atom is 0.242 e. The standard InChI is InChI=1S/C14H21ClN4O2/c15-13-16-11(17-18-13)4-5-12(21)19-8-2-7-14(9-19)6-1-3-10(14)20/h10,20H,1-9H2,(H,16,17,18)/t10-,14+/m1/s1. The van der Waals surface area contributed by atoms with Crippen LogP contribution in [-0.4, -0.2) is 50.3 Å². The lowest BCUT2D eigenvalue weighted by Crippen LogP contribution is -2.49. The number of aliphatic hydroxyl groups is 1. The second kappa shape index (κ2) is 5.93. The van der Waals surface area contributed by atoms with Gasteiger partial charge in [-0.2, -0.15) is 0 Å². The van der Waals surface area contributed by atoms with Crippen LogP contribution >= 0.6 is 11.6 Å². The highest BCUT2D eigenvalue weighted by Crippen LogP contribution is 2.45. The van der Waals surface area contributed by atoms with E-state index in [4.69, 9.17) is 11.6 Å². The van der Waals surface area contributed by atoms with Gasteiger partial charge in [0.15, 0.2) is 0 Å². The lowest BCUT2D eigenvalue weighted by Gasteiger charge is -2.42. The zero-order valence-electron chi connectivity index (χ0n) is 12.0. The van der Waals surface area contributed by atoms with Gasteiger partial charge in [0.25, 0.3) is 0 Å². The number of carbonyl (C=O) groups excluding carboxylic acids is 1. The number of likely N-dealkylation sites (tertiary alicyclic amines) is 1. The number of hydrogen-bond acceptors (Lipinski definition) is 4. The Labute approximate surface area is 128 Å². The van der Waals surface area contributed by atoms with Crippen molar-refractivity contribution in [2.24, 2.45) is 5.41 Å². The molecule has 1 saturated heterocycles. The van der Waals surface area contributed by atoms with E-state index in [-0.39, 0.29) is 22.7 Å². The SMILES string of the molecule is O=C(CCc1nc(Cl)n[nH]1)N1CCC[C@@]2(CCC[C@H]2O)C1. The van der Waals surface area contributed by atoms with Crippen molar-refractivity contribution < 1.29 is 9.90 Å². The minimum Gasteiger partial charge on any atom is -0.392 e. The predicted octanol–water partition coefficient (Wildman–Crippen LogP) is 1.54. The molecule has 6 nitrogen and oxygen atoms in total. The van der Waals surface area contributed by atoms with Gasteiger partial charge in [-0.3, -0.25) is 9.89 Å². The van der Waals surface area contributed by atoms with Crippen LogP contribution in [0, 0.1) is 5.41 Å². The molecule has 2 N–H and O–H groups in total. The number of nitrogens with zero attached hydrogens (tertiary/aromatic N) is 3. The van der Waals surface area contributed by atoms with Crippen molar-refractivity contribution in [3.05, 3.63) is 11.1 Å². The third-order valence-electron chi connectivity index (χ3n) is 4.90. The van der Waals surface area contributed by atoms with Gasteiger partial charge in [-0.25, -0.2) is 4.98 Å². The van der Waals surface area contributed by atoms with E-state index in [9.17, 15) is 9.90 Å². The number of carbonyl (C=O) groups is 1. The largest absolute Gasteiger partial charge is 0.392 e. The highest BCUT2D eigenvalue weighted by Gasteiger charge is 2.45. The molecule has 2 heterocycles. The van der Waals surface area contributed by atoms with Crippen molar-refractivity contribution in [3.63, 3.8) is 0 Å². The molecule has 1 saturated carbocycles. The Balaban J connectivity index is 1.57. The monoisotopic (exact) mass is 312 g/mol. The van der Waals surface area contributed by atoms with Crippen LogP contribution in [0.5, 0.6) is 0 Å². The normalized spacial score (nSPS) is 29.2. The van der Waals surface area contributed by atoms with Crippen LogP contribution in [0.4, 0.5) is 0 Å². The van der Waals surface area contributed by atoms with Crippen LogP contribution in [0.25, 0.3) is 0 Å². The lowest BCUT2D eigenvalue weighted by molar-refractivity contribution is -0.136. The molecular weight excluding hydrogens is 292 g/mol. The predicted molar refractivity (Wildman–Crippen MR) is 77.8 cm³/mol. The third kappa shape index (κ3) is 3.06. The minimum absolute atomic E-state index is 0.0521. The molecule has 1 aromatic rings. The number of piperidine rings is 1. The first kappa shape index (κ1) is 14.8. The summed E-state index contributed by atoms with van der Waals surface area (Å²) < 4.78 is 0. The number of nitrogens with one attached hydrogen (secondary N) is 1. The lowest BCUT2D eigenvalue weighted by atomic mass is 9.76. The van der Waals surface area contributed by atoms with Crippen LogP contribution in [-0.2, 0) is 11.2 Å². The first-order valence-corrected chi connectivity index (χ1v) is 7.99. The van der Waals surface area contributed by atoms with E-state index in [0.29, 0.717) is 25.2 Å². The van der Waals surface area contributed by atoms with E-state index >= 15 is 0 Å². The quantitative estimate of drug-likeness (QED) is 0.887. The maximum absolute atomic E-state index is 12.4. The van der Waals surface area contributed by atoms with Gasteiger partial charge in [-0.05, 0) is 37.3 Å². The molecule has 7 heteroatoms. The van der Waals surface area contributed by atoms with E-state index in [0.717, 1.165) is 38.6 Å². The number of aromatic amines is 1. The van der Waals surface area contributed by atoms with E-state index < -0.39 is 0 Å². The van der Waals surface area contributed by atoms with Crippen LogP contribution in [0.15, 0.2) is 0 Å². The zero-order chi connectivity index (χ0) is 14.9. The summed E-state index contributed by atoms with van der Waals surface area (Å²) in [5.74, 6) is 0.765. The van der Waals surface area contributed by atoms with Crippen molar-refractivity contribution in [2.45, 2.75) is 51.0 Å². The molecule has 1 aliphatic carbocycles. The van der Waals surface area contributed by atoms with Crippen LogP contribution < -0.4 is 0 Å². The number of rotatable bonds is 3. The van der Waals surface area contributed by atoms with Gasteiger partial charge in [0, 0.05) is 31.3 Å². The molecule has 1 aliphatic heterocycles. The summed E-state index contributed by atoms with van der Waals surface area (Å²) >= 11 is 5.65. The Kier molecular flexibility index (Phi) is 4.17. The number of hydrogen-bond donors (Lipinski definition) is 2. The Hall–Kier alpha value is -1.14. The summed E-state index contributed by atoms with van der Waals surface area (Å²) in [6.07, 6.45) is 5.67. The molecule has 2 atom stereocenters. The molecular formula is C14H21ClN4O2. The summed E-state index contributed by atoms with van der Waals surface area (Å²) in [6, 6.07) is 0. The van der Waals surface area contributed by atoms with Crippen molar-refractivity contribution in [2.75, 3.05) is 13.1 Å². The van der Waals surface area contributed by atoms with Crippen LogP contribution in [0.3, 0.4) is 0 Å². The van der Waals surface area contributed by atoms with Crippen molar-refractivity contribution in [3.8, 4) is 0 Å². The van der Waals surface area contributed by atoms with Gasteiger partial charge >= 0.3 is 0 Å². The number of aromatic nitrogens is 3. The Morgan fingerprint density at radius 2 is 2.29 bits per heavy atom. The Bertz CT molecular complexity index is 521. The molecule has 1 amide bonds. The van der Waals surface area contributed by atoms with Crippen molar-refractivity contribution in [1.29, 1.82) is 0 Å². The average molecular weight is 313 g/mol. The number of H-pyrrole nitrogens is 1. The highest BCUT2D eigenvalue weighted by atomic mass is 35.5. The zero-order valence-corrected chi connectivity index (χ0v) is 12.8. The molecule has 0 radical (unpaired) electrons. The summed E-state index contributed by atoms with van der Waals surface area (Å²) in [6.45, 7) is 1.49. The summed E-state index contributed by atoms with van der Waals surface area (Å²) in [4.78, 5) is 18.3. The minimum atomic E-state index is -0.249. The average Bonchev–Trinajstić information content (AvgIpc) is 3.04. The molecule has 2 aliphatic rings. The summed E-state index contributed by atoms with van der Waals surface area (Å²) in [7, 11) is 0. The van der Waals surface area contributed by atoms with E-state index in [2.05, 4.69) is 15.2 Å². The number of aliphatic hydroxyl groups excluding tert-OH is 1. The molecule has 1 spiro atoms. The van der Waals surface area contributed by atoms with Gasteiger partial charge in [-0.15, -0.1) is 5.10 Å². The van der Waals surface area contributed by atoms with E-state index in [1.807, 2.05) is 4.90 Å². The fourth-order valence-electron chi connectivity index (χ4n) is 3.74. The molecule has 21 heavy (non-hydrogen) atoms. The molecule has 1 aromatic heterocycles. The molecule has 0 aromatic carbocycles. The van der Waals surface area contributed by atoms with E-state index in [1.54, 1.807) is 0 Å². The fraction of sp³-hybridized carbons (Fsp3) is 0.786. The second-order valence-electron chi connectivity index (χ2n) is 6.24. The fourth-order valence-corrected chi connectivity index (χ4v) is 3.88. The van der Waals surface area contributed by atoms with Gasteiger partial charge in [-0.1, -0.05) is 6.42 Å². The van der Waals surface area contributed by atoms with E-state index in [1.165, 1.54) is 0 Å². The first-order valence-electron chi connectivity index (χ1n) is 7.62. The number of halogens is 1. The topological polar surface area (TPSA) is 82.1 Å². The number of amides is 1. The van der Waals surface area contributed by atoms with Crippen LogP contribution in [0.2, 0.25) is 5.28 Å². The molecule has 0 bridgehead atoms. The van der Waals surface area contributed by atoms with Gasteiger partial charge < -0.3 is 10.0 Å². The molecule has 116 valence electrons.